The van der Waals surface area contributed by atoms with E-state index in [0.717, 1.165) is 17.2 Å². The molecule has 0 amide bonds. The number of hydrogen-bond acceptors (Lipinski definition) is 6. The first-order chi connectivity index (χ1) is 12.4. The number of hydrogen-bond donors (Lipinski definition) is 2. The maximum absolute atomic E-state index is 11.1. The van der Waals surface area contributed by atoms with Crippen LogP contribution in [-0.4, -0.2) is 35.6 Å². The molecule has 0 aliphatic heterocycles. The number of carboxylic acids is 1. The molecule has 3 rings (SSSR count). The second kappa shape index (κ2) is 6.91. The van der Waals surface area contributed by atoms with Crippen LogP contribution in [0.15, 0.2) is 30.6 Å². The molecule has 0 radical (unpaired) electrons. The first kappa shape index (κ1) is 17.5. The van der Waals surface area contributed by atoms with Crippen LogP contribution >= 0.6 is 0 Å². The number of nitrogens with one attached hydrogen (secondary N) is 1. The van der Waals surface area contributed by atoms with E-state index in [-0.39, 0.29) is 11.6 Å². The Labute approximate surface area is 151 Å². The molecule has 2 N–H and O–H groups in total. The van der Waals surface area contributed by atoms with Gasteiger partial charge >= 0.3 is 5.97 Å². The van der Waals surface area contributed by atoms with Crippen LogP contribution in [0.3, 0.4) is 0 Å². The van der Waals surface area contributed by atoms with Gasteiger partial charge in [-0.25, -0.2) is 24.7 Å². The SMILES string of the molecule is Cc1nc(Nc2nccc(-c3cnc(C)n3C(C)C)n2)ccc1C(=O)O. The molecule has 0 saturated carbocycles. The third kappa shape index (κ3) is 3.39. The minimum Gasteiger partial charge on any atom is -0.478 e. The minimum absolute atomic E-state index is 0.168. The number of aromatic nitrogens is 5. The molecule has 0 saturated heterocycles. The van der Waals surface area contributed by atoms with Crippen molar-refractivity contribution in [1.82, 2.24) is 24.5 Å². The lowest BCUT2D eigenvalue weighted by atomic mass is 10.2. The molecule has 3 aromatic heterocycles. The second-order valence-corrected chi connectivity index (χ2v) is 6.18. The number of anilines is 2. The van der Waals surface area contributed by atoms with Crippen LogP contribution in [0.4, 0.5) is 11.8 Å². The van der Waals surface area contributed by atoms with Gasteiger partial charge in [-0.2, -0.15) is 0 Å². The predicted molar refractivity (Wildman–Crippen MR) is 97.6 cm³/mol. The number of nitrogens with zero attached hydrogens (tertiary/aromatic N) is 5. The zero-order valence-corrected chi connectivity index (χ0v) is 15.1. The second-order valence-electron chi connectivity index (χ2n) is 6.18. The van der Waals surface area contributed by atoms with E-state index >= 15 is 0 Å². The number of imidazole rings is 1. The zero-order chi connectivity index (χ0) is 18.8. The molecule has 3 heterocycles. The van der Waals surface area contributed by atoms with E-state index in [4.69, 9.17) is 5.11 Å². The summed E-state index contributed by atoms with van der Waals surface area (Å²) >= 11 is 0. The van der Waals surface area contributed by atoms with Gasteiger partial charge < -0.3 is 15.0 Å². The Balaban J connectivity index is 1.91. The number of rotatable bonds is 5. The Morgan fingerprint density at radius 2 is 1.92 bits per heavy atom. The van der Waals surface area contributed by atoms with Crippen molar-refractivity contribution in [3.8, 4) is 11.4 Å². The van der Waals surface area contributed by atoms with Gasteiger partial charge in [-0.05, 0) is 45.9 Å². The molecule has 0 bridgehead atoms. The van der Waals surface area contributed by atoms with Crippen LogP contribution < -0.4 is 5.32 Å². The molecule has 26 heavy (non-hydrogen) atoms. The maximum atomic E-state index is 11.1. The van der Waals surface area contributed by atoms with E-state index in [1.165, 1.54) is 6.07 Å². The van der Waals surface area contributed by atoms with Crippen molar-refractivity contribution in [3.05, 3.63) is 47.7 Å². The van der Waals surface area contributed by atoms with E-state index in [9.17, 15) is 4.79 Å². The fraction of sp³-hybridized carbons (Fsp3) is 0.278. The van der Waals surface area contributed by atoms with E-state index < -0.39 is 5.97 Å². The summed E-state index contributed by atoms with van der Waals surface area (Å²) in [7, 11) is 0. The average molecular weight is 352 g/mol. The summed E-state index contributed by atoms with van der Waals surface area (Å²) in [5, 5.41) is 12.1. The molecule has 0 fully saturated rings. The van der Waals surface area contributed by atoms with E-state index in [2.05, 4.69) is 43.7 Å². The van der Waals surface area contributed by atoms with Gasteiger partial charge in [0, 0.05) is 12.2 Å². The minimum atomic E-state index is -1.00. The Morgan fingerprint density at radius 3 is 2.58 bits per heavy atom. The topological polar surface area (TPSA) is 106 Å². The maximum Gasteiger partial charge on any atom is 0.337 e. The van der Waals surface area contributed by atoms with Gasteiger partial charge in [-0.1, -0.05) is 0 Å². The van der Waals surface area contributed by atoms with Gasteiger partial charge in [0.1, 0.15) is 11.6 Å². The lowest BCUT2D eigenvalue weighted by Gasteiger charge is -2.14. The highest BCUT2D eigenvalue weighted by Gasteiger charge is 2.14. The third-order valence-corrected chi connectivity index (χ3v) is 3.97. The summed E-state index contributed by atoms with van der Waals surface area (Å²) in [6, 6.07) is 5.18. The molecule has 3 aromatic rings. The van der Waals surface area contributed by atoms with Gasteiger partial charge in [-0.3, -0.25) is 0 Å². The van der Waals surface area contributed by atoms with Crippen molar-refractivity contribution in [2.24, 2.45) is 0 Å². The van der Waals surface area contributed by atoms with Crippen molar-refractivity contribution in [1.29, 1.82) is 0 Å². The summed E-state index contributed by atoms with van der Waals surface area (Å²) in [4.78, 5) is 28.5. The summed E-state index contributed by atoms with van der Waals surface area (Å²) in [6.07, 6.45) is 3.46. The number of aromatic carboxylic acids is 1. The molecule has 0 aliphatic carbocycles. The van der Waals surface area contributed by atoms with Gasteiger partial charge in [0.05, 0.1) is 28.8 Å². The number of pyridine rings is 1. The lowest BCUT2D eigenvalue weighted by molar-refractivity contribution is 0.0695. The lowest BCUT2D eigenvalue weighted by Crippen LogP contribution is -2.07. The fourth-order valence-electron chi connectivity index (χ4n) is 2.83. The molecule has 0 aromatic carbocycles. The first-order valence-electron chi connectivity index (χ1n) is 8.22. The third-order valence-electron chi connectivity index (χ3n) is 3.97. The molecule has 8 heteroatoms. The van der Waals surface area contributed by atoms with Gasteiger partial charge in [0.15, 0.2) is 0 Å². The van der Waals surface area contributed by atoms with Crippen LogP contribution in [0.2, 0.25) is 0 Å². The summed E-state index contributed by atoms with van der Waals surface area (Å²) in [5.74, 6) is 0.784. The van der Waals surface area contributed by atoms with Crippen molar-refractivity contribution < 1.29 is 9.90 Å². The van der Waals surface area contributed by atoms with Crippen LogP contribution in [0.1, 0.15) is 41.8 Å². The molecule has 8 nitrogen and oxygen atoms in total. The molecule has 134 valence electrons. The van der Waals surface area contributed by atoms with Crippen molar-refractivity contribution in [2.45, 2.75) is 33.7 Å². The molecule has 0 unspecified atom stereocenters. The zero-order valence-electron chi connectivity index (χ0n) is 15.1. The van der Waals surface area contributed by atoms with Crippen LogP contribution in [-0.2, 0) is 0 Å². The first-order valence-corrected chi connectivity index (χ1v) is 8.22. The standard InChI is InChI=1S/C18H20N6O2/c1-10(2)24-12(4)20-9-15(24)14-7-8-19-18(22-14)23-16-6-5-13(17(25)26)11(3)21-16/h5-10H,1-4H3,(H,25,26)(H,19,21,22,23). The summed E-state index contributed by atoms with van der Waals surface area (Å²) in [5.41, 5.74) is 2.25. The van der Waals surface area contributed by atoms with Crippen molar-refractivity contribution >= 4 is 17.7 Å². The number of carboxylic acid groups (broad SMARTS) is 1. The molecular weight excluding hydrogens is 332 g/mol. The Bertz CT molecular complexity index is 964. The molecule has 0 spiro atoms. The van der Waals surface area contributed by atoms with Gasteiger partial charge in [-0.15, -0.1) is 0 Å². The number of carbonyl (C=O) groups is 1. The van der Waals surface area contributed by atoms with Crippen molar-refractivity contribution in [2.75, 3.05) is 5.32 Å². The van der Waals surface area contributed by atoms with Crippen molar-refractivity contribution in [3.63, 3.8) is 0 Å². The highest BCUT2D eigenvalue weighted by molar-refractivity contribution is 5.89. The summed E-state index contributed by atoms with van der Waals surface area (Å²) in [6.45, 7) is 7.79. The van der Waals surface area contributed by atoms with Crippen LogP contribution in [0.5, 0.6) is 0 Å². The van der Waals surface area contributed by atoms with Crippen LogP contribution in [0.25, 0.3) is 11.4 Å². The Kier molecular flexibility index (Phi) is 4.66. The van der Waals surface area contributed by atoms with E-state index in [1.54, 1.807) is 25.4 Å². The molecule has 0 aliphatic rings. The summed E-state index contributed by atoms with van der Waals surface area (Å²) < 4.78 is 2.11. The Hall–Kier alpha value is -3.29. The van der Waals surface area contributed by atoms with Gasteiger partial charge in [0.25, 0.3) is 0 Å². The highest BCUT2D eigenvalue weighted by Crippen LogP contribution is 2.24. The smallest absolute Gasteiger partial charge is 0.337 e. The highest BCUT2D eigenvalue weighted by atomic mass is 16.4. The largest absolute Gasteiger partial charge is 0.478 e. The van der Waals surface area contributed by atoms with Crippen LogP contribution in [0, 0.1) is 13.8 Å². The van der Waals surface area contributed by atoms with E-state index in [1.807, 2.05) is 13.0 Å². The van der Waals surface area contributed by atoms with E-state index in [0.29, 0.717) is 17.5 Å². The fourth-order valence-corrected chi connectivity index (χ4v) is 2.83. The predicted octanol–water partition coefficient (Wildman–Crippen LogP) is 3.37. The quantitative estimate of drug-likeness (QED) is 0.725. The number of aryl methyl sites for hydroxylation is 2. The Morgan fingerprint density at radius 1 is 1.15 bits per heavy atom. The van der Waals surface area contributed by atoms with Gasteiger partial charge in [0.2, 0.25) is 5.95 Å². The normalized spacial score (nSPS) is 11.0. The monoisotopic (exact) mass is 352 g/mol. The average Bonchev–Trinajstić information content (AvgIpc) is 2.96. The molecule has 0 atom stereocenters. The molecular formula is C18H20N6O2.